The summed E-state index contributed by atoms with van der Waals surface area (Å²) in [4.78, 5) is 11.9. The van der Waals surface area contributed by atoms with E-state index in [1.807, 2.05) is 6.92 Å². The van der Waals surface area contributed by atoms with Crippen molar-refractivity contribution in [2.45, 2.75) is 31.5 Å². The maximum Gasteiger partial charge on any atom is 0.251 e. The van der Waals surface area contributed by atoms with Crippen LogP contribution in [0.25, 0.3) is 0 Å². The highest BCUT2D eigenvalue weighted by molar-refractivity contribution is 5.94. The van der Waals surface area contributed by atoms with E-state index in [1.165, 1.54) is 6.07 Å². The maximum absolute atomic E-state index is 13.0. The van der Waals surface area contributed by atoms with Gasteiger partial charge in [0.05, 0.1) is 12.1 Å². The number of nitrogens with one attached hydrogen (secondary N) is 1. The van der Waals surface area contributed by atoms with E-state index in [2.05, 4.69) is 5.32 Å². The van der Waals surface area contributed by atoms with Gasteiger partial charge in [0, 0.05) is 18.2 Å². The minimum atomic E-state index is -1.05. The van der Waals surface area contributed by atoms with Crippen LogP contribution in [-0.2, 0) is 4.74 Å². The Bertz CT molecular complexity index is 480. The summed E-state index contributed by atoms with van der Waals surface area (Å²) < 4.78 is 31.2. The average molecular weight is 270 g/mol. The monoisotopic (exact) mass is 270 g/mol. The molecule has 1 amide bonds. The normalized spacial score (nSPS) is 25.8. The van der Waals surface area contributed by atoms with Crippen molar-refractivity contribution in [3.05, 3.63) is 35.4 Å². The fourth-order valence-corrected chi connectivity index (χ4v) is 2.10. The van der Waals surface area contributed by atoms with Crippen LogP contribution in [0.5, 0.6) is 0 Å². The van der Waals surface area contributed by atoms with Crippen molar-refractivity contribution >= 4 is 5.91 Å². The fraction of sp³-hybridized carbons (Fsp3) is 0.462. The van der Waals surface area contributed by atoms with Gasteiger partial charge in [0.2, 0.25) is 0 Å². The minimum Gasteiger partial charge on any atom is -0.376 e. The molecule has 2 rings (SSSR count). The number of hydrogen-bond acceptors (Lipinski definition) is 3. The van der Waals surface area contributed by atoms with Crippen molar-refractivity contribution < 1.29 is 18.3 Å². The van der Waals surface area contributed by atoms with Gasteiger partial charge >= 0.3 is 0 Å². The molecular weight excluding hydrogens is 254 g/mol. The molecule has 0 aliphatic heterocycles. The van der Waals surface area contributed by atoms with Gasteiger partial charge in [-0.25, -0.2) is 8.78 Å². The van der Waals surface area contributed by atoms with Gasteiger partial charge in [-0.3, -0.25) is 4.79 Å². The number of ether oxygens (including phenoxy) is 1. The number of carbonyl (C=O) groups excluding carboxylic acids is 1. The van der Waals surface area contributed by atoms with Gasteiger partial charge in [-0.2, -0.15) is 0 Å². The number of nitrogens with two attached hydrogens (primary N) is 1. The first-order chi connectivity index (χ1) is 9.02. The molecule has 3 atom stereocenters. The highest BCUT2D eigenvalue weighted by Crippen LogP contribution is 2.23. The Labute approximate surface area is 109 Å². The number of amides is 1. The Morgan fingerprint density at radius 2 is 2.21 bits per heavy atom. The Morgan fingerprint density at radius 1 is 1.47 bits per heavy atom. The van der Waals surface area contributed by atoms with E-state index in [0.717, 1.165) is 12.1 Å². The molecule has 1 aliphatic rings. The largest absolute Gasteiger partial charge is 0.376 e. The third kappa shape index (κ3) is 2.90. The van der Waals surface area contributed by atoms with Gasteiger partial charge in [-0.15, -0.1) is 0 Å². The first kappa shape index (κ1) is 13.9. The van der Waals surface area contributed by atoms with E-state index in [9.17, 15) is 13.6 Å². The van der Waals surface area contributed by atoms with Gasteiger partial charge in [0.25, 0.3) is 5.91 Å². The van der Waals surface area contributed by atoms with E-state index >= 15 is 0 Å². The fourth-order valence-electron chi connectivity index (χ4n) is 2.10. The Morgan fingerprint density at radius 3 is 2.79 bits per heavy atom. The predicted molar refractivity (Wildman–Crippen MR) is 65.6 cm³/mol. The highest BCUT2D eigenvalue weighted by atomic mass is 19.2. The standard InChI is InChI=1S/C13H16F2N2O2/c1-2-19-11-6-10(16)12(11)17-13(18)7-3-4-8(14)9(15)5-7/h3-5,10-12H,2,6,16H2,1H3,(H,17,18). The summed E-state index contributed by atoms with van der Waals surface area (Å²) in [5.41, 5.74) is 5.86. The molecule has 0 aromatic heterocycles. The maximum atomic E-state index is 13.0. The van der Waals surface area contributed by atoms with Gasteiger partial charge in [0.1, 0.15) is 0 Å². The first-order valence-corrected chi connectivity index (χ1v) is 6.16. The van der Waals surface area contributed by atoms with Crippen LogP contribution >= 0.6 is 0 Å². The second-order valence-electron chi connectivity index (χ2n) is 4.52. The van der Waals surface area contributed by atoms with Crippen LogP contribution in [0.2, 0.25) is 0 Å². The van der Waals surface area contributed by atoms with E-state index < -0.39 is 17.5 Å². The zero-order valence-electron chi connectivity index (χ0n) is 10.5. The highest BCUT2D eigenvalue weighted by Gasteiger charge is 2.40. The van der Waals surface area contributed by atoms with Gasteiger partial charge < -0.3 is 15.8 Å². The lowest BCUT2D eigenvalue weighted by Crippen LogP contribution is -2.64. The lowest BCUT2D eigenvalue weighted by atomic mass is 9.83. The van der Waals surface area contributed by atoms with Crippen molar-refractivity contribution in [2.24, 2.45) is 5.73 Å². The van der Waals surface area contributed by atoms with Crippen LogP contribution in [0.4, 0.5) is 8.78 Å². The van der Waals surface area contributed by atoms with E-state index in [1.54, 1.807) is 0 Å². The van der Waals surface area contributed by atoms with Crippen molar-refractivity contribution in [2.75, 3.05) is 6.61 Å². The zero-order valence-corrected chi connectivity index (χ0v) is 10.5. The van der Waals surface area contributed by atoms with Crippen LogP contribution in [-0.4, -0.2) is 30.7 Å². The topological polar surface area (TPSA) is 64.3 Å². The summed E-state index contributed by atoms with van der Waals surface area (Å²) in [5, 5.41) is 2.69. The molecule has 1 aliphatic carbocycles. The summed E-state index contributed by atoms with van der Waals surface area (Å²) in [6, 6.07) is 2.55. The molecule has 0 radical (unpaired) electrons. The lowest BCUT2D eigenvalue weighted by molar-refractivity contribution is -0.0300. The van der Waals surface area contributed by atoms with Gasteiger partial charge in [0.15, 0.2) is 11.6 Å². The molecule has 0 saturated heterocycles. The van der Waals surface area contributed by atoms with Crippen LogP contribution in [0.3, 0.4) is 0 Å². The second kappa shape index (κ2) is 5.63. The second-order valence-corrected chi connectivity index (χ2v) is 4.52. The van der Waals surface area contributed by atoms with Gasteiger partial charge in [-0.05, 0) is 31.5 Å². The molecule has 0 spiro atoms. The Hall–Kier alpha value is -1.53. The zero-order chi connectivity index (χ0) is 14.0. The van der Waals surface area contributed by atoms with Crippen LogP contribution in [0, 0.1) is 11.6 Å². The molecule has 104 valence electrons. The molecule has 0 heterocycles. The molecule has 0 bridgehead atoms. The lowest BCUT2D eigenvalue weighted by Gasteiger charge is -2.42. The Balaban J connectivity index is 2.02. The van der Waals surface area contributed by atoms with Crippen LogP contribution in [0.15, 0.2) is 18.2 Å². The average Bonchev–Trinajstić information content (AvgIpc) is 2.38. The van der Waals surface area contributed by atoms with E-state index in [-0.39, 0.29) is 23.8 Å². The predicted octanol–water partition coefficient (Wildman–Crippen LogP) is 1.20. The van der Waals surface area contributed by atoms with Crippen LogP contribution < -0.4 is 11.1 Å². The van der Waals surface area contributed by atoms with Crippen LogP contribution in [0.1, 0.15) is 23.7 Å². The summed E-state index contributed by atoms with van der Waals surface area (Å²) in [6.07, 6.45) is 0.561. The van der Waals surface area contributed by atoms with E-state index in [0.29, 0.717) is 13.0 Å². The summed E-state index contributed by atoms with van der Waals surface area (Å²) >= 11 is 0. The molecule has 6 heteroatoms. The third-order valence-corrected chi connectivity index (χ3v) is 3.23. The molecule has 1 fully saturated rings. The molecule has 3 unspecified atom stereocenters. The molecular formula is C13H16F2N2O2. The quantitative estimate of drug-likeness (QED) is 0.864. The van der Waals surface area contributed by atoms with E-state index in [4.69, 9.17) is 10.5 Å². The summed E-state index contributed by atoms with van der Waals surface area (Å²) in [7, 11) is 0. The number of halogens is 2. The van der Waals surface area contributed by atoms with Crippen molar-refractivity contribution in [1.29, 1.82) is 0 Å². The molecule has 3 N–H and O–H groups in total. The minimum absolute atomic E-state index is 0.0632. The summed E-state index contributed by atoms with van der Waals surface area (Å²) in [6.45, 7) is 2.40. The number of carbonyl (C=O) groups is 1. The van der Waals surface area contributed by atoms with Gasteiger partial charge in [-0.1, -0.05) is 0 Å². The molecule has 1 saturated carbocycles. The first-order valence-electron chi connectivity index (χ1n) is 6.16. The molecule has 1 aromatic rings. The summed E-state index contributed by atoms with van der Waals surface area (Å²) in [5.74, 6) is -2.51. The molecule has 19 heavy (non-hydrogen) atoms. The third-order valence-electron chi connectivity index (χ3n) is 3.23. The number of benzene rings is 1. The van der Waals surface area contributed by atoms with Crippen molar-refractivity contribution in [1.82, 2.24) is 5.32 Å². The smallest absolute Gasteiger partial charge is 0.251 e. The Kier molecular flexibility index (Phi) is 4.11. The van der Waals surface area contributed by atoms with Crippen molar-refractivity contribution in [3.63, 3.8) is 0 Å². The SMILES string of the molecule is CCOC1CC(N)C1NC(=O)c1ccc(F)c(F)c1. The van der Waals surface area contributed by atoms with Crippen molar-refractivity contribution in [3.8, 4) is 0 Å². The molecule has 4 nitrogen and oxygen atoms in total. The number of rotatable bonds is 4. The molecule has 1 aromatic carbocycles. The number of hydrogen-bond donors (Lipinski definition) is 2.